The van der Waals surface area contributed by atoms with Crippen LogP contribution in [0.15, 0.2) is 22.7 Å². The molecule has 1 N–H and O–H groups in total. The van der Waals surface area contributed by atoms with Crippen molar-refractivity contribution < 1.29 is 14.4 Å². The second kappa shape index (κ2) is 5.45. The van der Waals surface area contributed by atoms with Gasteiger partial charge in [-0.15, -0.1) is 0 Å². The van der Waals surface area contributed by atoms with E-state index in [2.05, 4.69) is 5.16 Å². The van der Waals surface area contributed by atoms with E-state index in [1.54, 1.807) is 6.92 Å². The normalized spacial score (nSPS) is 12.5. The maximum atomic E-state index is 9.75. The first-order valence-corrected chi connectivity index (χ1v) is 6.32. The van der Waals surface area contributed by atoms with Gasteiger partial charge in [0.15, 0.2) is 0 Å². The van der Waals surface area contributed by atoms with Crippen LogP contribution in [0.4, 0.5) is 0 Å². The summed E-state index contributed by atoms with van der Waals surface area (Å²) in [5.74, 6) is 1.47. The van der Waals surface area contributed by atoms with E-state index in [1.807, 2.05) is 39.0 Å². The highest BCUT2D eigenvalue weighted by molar-refractivity contribution is 5.38. The SMILES string of the molecule is Cc1ccc(C(C)O)c(OCc2c(C)noc2C)c1. The first-order valence-electron chi connectivity index (χ1n) is 6.32. The molecule has 0 aliphatic rings. The molecule has 0 amide bonds. The highest BCUT2D eigenvalue weighted by Crippen LogP contribution is 2.27. The molecular formula is C15H19NO3. The average Bonchev–Trinajstić information content (AvgIpc) is 2.66. The molecular weight excluding hydrogens is 242 g/mol. The van der Waals surface area contributed by atoms with E-state index in [4.69, 9.17) is 9.26 Å². The summed E-state index contributed by atoms with van der Waals surface area (Å²) in [4.78, 5) is 0. The maximum absolute atomic E-state index is 9.75. The van der Waals surface area contributed by atoms with Gasteiger partial charge >= 0.3 is 0 Å². The van der Waals surface area contributed by atoms with Crippen LogP contribution in [0, 0.1) is 20.8 Å². The van der Waals surface area contributed by atoms with Gasteiger partial charge in [-0.2, -0.15) is 0 Å². The predicted octanol–water partition coefficient (Wildman–Crippen LogP) is 3.23. The molecule has 0 saturated carbocycles. The van der Waals surface area contributed by atoms with Crippen LogP contribution in [-0.4, -0.2) is 10.3 Å². The topological polar surface area (TPSA) is 55.5 Å². The minimum absolute atomic E-state index is 0.393. The highest BCUT2D eigenvalue weighted by Gasteiger charge is 2.13. The van der Waals surface area contributed by atoms with Crippen LogP contribution >= 0.6 is 0 Å². The molecule has 19 heavy (non-hydrogen) atoms. The van der Waals surface area contributed by atoms with Crippen LogP contribution in [0.5, 0.6) is 5.75 Å². The van der Waals surface area contributed by atoms with Crippen LogP contribution in [0.2, 0.25) is 0 Å². The van der Waals surface area contributed by atoms with Gasteiger partial charge in [-0.1, -0.05) is 17.3 Å². The first-order chi connectivity index (χ1) is 8.99. The zero-order valence-corrected chi connectivity index (χ0v) is 11.7. The third kappa shape index (κ3) is 2.96. The molecule has 1 aromatic carbocycles. The molecule has 2 rings (SSSR count). The zero-order chi connectivity index (χ0) is 14.0. The minimum atomic E-state index is -0.555. The molecule has 4 nitrogen and oxygen atoms in total. The molecule has 2 aromatic rings. The van der Waals surface area contributed by atoms with Crippen molar-refractivity contribution in [3.05, 3.63) is 46.3 Å². The van der Waals surface area contributed by atoms with Crippen molar-refractivity contribution in [3.63, 3.8) is 0 Å². The Balaban J connectivity index is 2.22. The van der Waals surface area contributed by atoms with Crippen LogP contribution in [0.3, 0.4) is 0 Å². The Morgan fingerprint density at radius 3 is 2.63 bits per heavy atom. The number of rotatable bonds is 4. The number of benzene rings is 1. The summed E-state index contributed by atoms with van der Waals surface area (Å²) < 4.78 is 10.9. The Morgan fingerprint density at radius 2 is 2.05 bits per heavy atom. The molecule has 0 bridgehead atoms. The van der Waals surface area contributed by atoms with Gasteiger partial charge in [0.1, 0.15) is 18.1 Å². The summed E-state index contributed by atoms with van der Waals surface area (Å²) in [7, 11) is 0. The molecule has 1 heterocycles. The summed E-state index contributed by atoms with van der Waals surface area (Å²) in [5.41, 5.74) is 3.68. The summed E-state index contributed by atoms with van der Waals surface area (Å²) >= 11 is 0. The van der Waals surface area contributed by atoms with E-state index in [9.17, 15) is 5.11 Å². The number of aromatic nitrogens is 1. The summed E-state index contributed by atoms with van der Waals surface area (Å²) in [6.07, 6.45) is -0.555. The molecule has 0 aliphatic carbocycles. The van der Waals surface area contributed by atoms with Crippen LogP contribution in [0.1, 0.15) is 41.2 Å². The molecule has 1 aromatic heterocycles. The standard InChI is InChI=1S/C15H19NO3/c1-9-5-6-13(11(3)17)15(7-9)18-8-14-10(2)16-19-12(14)4/h5-7,11,17H,8H2,1-4H3. The number of aryl methyl sites for hydroxylation is 3. The Labute approximate surface area is 113 Å². The first kappa shape index (κ1) is 13.6. The van der Waals surface area contributed by atoms with Gasteiger partial charge in [-0.05, 0) is 39.3 Å². The quantitative estimate of drug-likeness (QED) is 0.918. The third-order valence-corrected chi connectivity index (χ3v) is 3.17. The number of ether oxygens (including phenoxy) is 1. The number of hydrogen-bond donors (Lipinski definition) is 1. The van der Waals surface area contributed by atoms with Crippen LogP contribution in [-0.2, 0) is 6.61 Å². The molecule has 0 saturated heterocycles. The molecule has 1 atom stereocenters. The number of nitrogens with zero attached hydrogens (tertiary/aromatic N) is 1. The van der Waals surface area contributed by atoms with Crippen molar-refractivity contribution in [1.29, 1.82) is 0 Å². The molecule has 0 aliphatic heterocycles. The lowest BCUT2D eigenvalue weighted by molar-refractivity contribution is 0.190. The van der Waals surface area contributed by atoms with Crippen molar-refractivity contribution in [2.45, 2.75) is 40.4 Å². The van der Waals surface area contributed by atoms with Gasteiger partial charge in [0, 0.05) is 5.56 Å². The van der Waals surface area contributed by atoms with Crippen molar-refractivity contribution >= 4 is 0 Å². The fourth-order valence-corrected chi connectivity index (χ4v) is 1.97. The molecule has 0 spiro atoms. The van der Waals surface area contributed by atoms with Gasteiger partial charge in [0.2, 0.25) is 0 Å². The monoisotopic (exact) mass is 261 g/mol. The van der Waals surface area contributed by atoms with Crippen molar-refractivity contribution in [2.75, 3.05) is 0 Å². The van der Waals surface area contributed by atoms with E-state index >= 15 is 0 Å². The lowest BCUT2D eigenvalue weighted by Crippen LogP contribution is -2.02. The van der Waals surface area contributed by atoms with Gasteiger partial charge in [0.05, 0.1) is 17.4 Å². The van der Waals surface area contributed by atoms with E-state index in [1.165, 1.54) is 0 Å². The summed E-state index contributed by atoms with van der Waals surface area (Å²) in [5, 5.41) is 13.7. The molecule has 0 radical (unpaired) electrons. The molecule has 102 valence electrons. The average molecular weight is 261 g/mol. The Bertz CT molecular complexity index is 553. The molecule has 4 heteroatoms. The fraction of sp³-hybridized carbons (Fsp3) is 0.400. The van der Waals surface area contributed by atoms with Crippen molar-refractivity contribution in [1.82, 2.24) is 5.16 Å². The fourth-order valence-electron chi connectivity index (χ4n) is 1.97. The van der Waals surface area contributed by atoms with Gasteiger partial charge in [-0.25, -0.2) is 0 Å². The van der Waals surface area contributed by atoms with Crippen LogP contribution in [0.25, 0.3) is 0 Å². The number of aliphatic hydroxyl groups is 1. The van der Waals surface area contributed by atoms with E-state index in [0.717, 1.165) is 28.1 Å². The lowest BCUT2D eigenvalue weighted by atomic mass is 10.1. The number of hydrogen-bond acceptors (Lipinski definition) is 4. The molecule has 0 fully saturated rings. The maximum Gasteiger partial charge on any atom is 0.140 e. The van der Waals surface area contributed by atoms with Gasteiger partial charge in [-0.3, -0.25) is 0 Å². The Hall–Kier alpha value is -1.81. The van der Waals surface area contributed by atoms with E-state index < -0.39 is 6.10 Å². The Morgan fingerprint density at radius 1 is 1.32 bits per heavy atom. The van der Waals surface area contributed by atoms with Gasteiger partial charge in [0.25, 0.3) is 0 Å². The largest absolute Gasteiger partial charge is 0.488 e. The second-order valence-electron chi connectivity index (χ2n) is 4.81. The second-order valence-corrected chi connectivity index (χ2v) is 4.81. The van der Waals surface area contributed by atoms with Crippen LogP contribution < -0.4 is 4.74 Å². The smallest absolute Gasteiger partial charge is 0.140 e. The predicted molar refractivity (Wildman–Crippen MR) is 72.1 cm³/mol. The molecule has 1 unspecified atom stereocenters. The number of aliphatic hydroxyl groups excluding tert-OH is 1. The third-order valence-electron chi connectivity index (χ3n) is 3.17. The Kier molecular flexibility index (Phi) is 3.90. The lowest BCUT2D eigenvalue weighted by Gasteiger charge is -2.14. The van der Waals surface area contributed by atoms with Crippen molar-refractivity contribution in [2.24, 2.45) is 0 Å². The van der Waals surface area contributed by atoms with E-state index in [-0.39, 0.29) is 0 Å². The van der Waals surface area contributed by atoms with Crippen molar-refractivity contribution in [3.8, 4) is 5.75 Å². The minimum Gasteiger partial charge on any atom is -0.488 e. The van der Waals surface area contributed by atoms with Gasteiger partial charge < -0.3 is 14.4 Å². The summed E-state index contributed by atoms with van der Waals surface area (Å²) in [6, 6.07) is 5.79. The highest BCUT2D eigenvalue weighted by atomic mass is 16.5. The van der Waals surface area contributed by atoms with E-state index in [0.29, 0.717) is 12.4 Å². The zero-order valence-electron chi connectivity index (χ0n) is 11.7. The summed E-state index contributed by atoms with van der Waals surface area (Å²) in [6.45, 7) is 7.87.